The highest BCUT2D eigenvalue weighted by Crippen LogP contribution is 2.40. The van der Waals surface area contributed by atoms with Crippen molar-refractivity contribution in [1.29, 1.82) is 0 Å². The predicted molar refractivity (Wildman–Crippen MR) is 97.8 cm³/mol. The van der Waals surface area contributed by atoms with E-state index in [0.29, 0.717) is 17.9 Å². The van der Waals surface area contributed by atoms with Gasteiger partial charge in [0.15, 0.2) is 0 Å². The van der Waals surface area contributed by atoms with Gasteiger partial charge in [-0.15, -0.1) is 0 Å². The molecule has 0 radical (unpaired) electrons. The summed E-state index contributed by atoms with van der Waals surface area (Å²) in [5, 5.41) is 0. The number of rotatable bonds is 3. The maximum atomic E-state index is 13.1. The first-order chi connectivity index (χ1) is 12.5. The Morgan fingerprint density at radius 1 is 1.31 bits per heavy atom. The fraction of sp³-hybridized carbons (Fsp3) is 0.700. The molecular formula is C20H28N4O2. The first-order valence-electron chi connectivity index (χ1n) is 9.92. The van der Waals surface area contributed by atoms with Crippen LogP contribution in [0.15, 0.2) is 6.20 Å². The van der Waals surface area contributed by atoms with Crippen molar-refractivity contribution in [3.8, 4) is 0 Å². The number of amides is 2. The van der Waals surface area contributed by atoms with Crippen molar-refractivity contribution in [3.05, 3.63) is 23.3 Å². The van der Waals surface area contributed by atoms with E-state index in [2.05, 4.69) is 9.97 Å². The maximum Gasteiger partial charge on any atom is 0.257 e. The summed E-state index contributed by atoms with van der Waals surface area (Å²) >= 11 is 0. The van der Waals surface area contributed by atoms with Crippen LogP contribution in [0.2, 0.25) is 0 Å². The van der Waals surface area contributed by atoms with Crippen molar-refractivity contribution in [3.63, 3.8) is 0 Å². The molecule has 3 aliphatic rings. The molecule has 1 aliphatic carbocycles. The minimum Gasteiger partial charge on any atom is -0.342 e. The Balaban J connectivity index is 1.50. The van der Waals surface area contributed by atoms with Gasteiger partial charge in [0.25, 0.3) is 5.91 Å². The van der Waals surface area contributed by atoms with Gasteiger partial charge >= 0.3 is 0 Å². The molecule has 2 aliphatic heterocycles. The predicted octanol–water partition coefficient (Wildman–Crippen LogP) is 2.53. The van der Waals surface area contributed by atoms with Gasteiger partial charge < -0.3 is 9.80 Å². The first kappa shape index (κ1) is 17.4. The van der Waals surface area contributed by atoms with E-state index in [1.54, 1.807) is 6.20 Å². The van der Waals surface area contributed by atoms with E-state index in [9.17, 15) is 9.59 Å². The summed E-state index contributed by atoms with van der Waals surface area (Å²) in [6.07, 6.45) is 7.63. The molecule has 6 nitrogen and oxygen atoms in total. The van der Waals surface area contributed by atoms with Gasteiger partial charge in [-0.25, -0.2) is 9.97 Å². The Hall–Kier alpha value is -1.98. The number of aryl methyl sites for hydroxylation is 1. The molecule has 0 bridgehead atoms. The summed E-state index contributed by atoms with van der Waals surface area (Å²) in [6, 6.07) is 0. The molecule has 2 amide bonds. The van der Waals surface area contributed by atoms with E-state index in [-0.39, 0.29) is 17.2 Å². The van der Waals surface area contributed by atoms with Gasteiger partial charge in [0.1, 0.15) is 5.82 Å². The molecule has 3 fully saturated rings. The number of piperidine rings is 2. The number of carbonyl (C=O) groups excluding carboxylic acids is 2. The molecule has 1 saturated carbocycles. The van der Waals surface area contributed by atoms with Crippen LogP contribution >= 0.6 is 0 Å². The maximum absolute atomic E-state index is 13.1. The smallest absolute Gasteiger partial charge is 0.257 e. The van der Waals surface area contributed by atoms with Gasteiger partial charge in [0, 0.05) is 50.1 Å². The Morgan fingerprint density at radius 2 is 2.12 bits per heavy atom. The largest absolute Gasteiger partial charge is 0.342 e. The Bertz CT molecular complexity index is 731. The number of nitrogens with zero attached hydrogens (tertiary/aromatic N) is 4. The molecule has 0 aromatic carbocycles. The summed E-state index contributed by atoms with van der Waals surface area (Å²) in [7, 11) is 0. The summed E-state index contributed by atoms with van der Waals surface area (Å²) in [4.78, 5) is 38.1. The molecule has 1 aromatic heterocycles. The molecule has 140 valence electrons. The van der Waals surface area contributed by atoms with Crippen molar-refractivity contribution in [2.75, 3.05) is 26.2 Å². The SMILES string of the molecule is CCN1CC2(CCCN(C(=O)c3cnc(C4CC4)nc3C)C2)CCC1=O. The topological polar surface area (TPSA) is 66.4 Å². The van der Waals surface area contributed by atoms with Crippen molar-refractivity contribution in [2.45, 2.75) is 58.3 Å². The van der Waals surface area contributed by atoms with Gasteiger partial charge in [-0.05, 0) is 46.0 Å². The van der Waals surface area contributed by atoms with Crippen molar-refractivity contribution >= 4 is 11.8 Å². The van der Waals surface area contributed by atoms with Gasteiger partial charge in [-0.1, -0.05) is 0 Å². The van der Waals surface area contributed by atoms with Crippen LogP contribution in [-0.2, 0) is 4.79 Å². The molecule has 6 heteroatoms. The zero-order valence-electron chi connectivity index (χ0n) is 15.8. The Morgan fingerprint density at radius 3 is 2.81 bits per heavy atom. The molecule has 1 aromatic rings. The quantitative estimate of drug-likeness (QED) is 0.835. The molecule has 1 spiro atoms. The minimum atomic E-state index is 0.0453. The van der Waals surface area contributed by atoms with Crippen molar-refractivity contribution < 1.29 is 9.59 Å². The van der Waals surface area contributed by atoms with E-state index in [0.717, 1.165) is 69.8 Å². The second-order valence-corrected chi connectivity index (χ2v) is 8.24. The molecular weight excluding hydrogens is 328 g/mol. The van der Waals surface area contributed by atoms with Crippen LogP contribution < -0.4 is 0 Å². The van der Waals surface area contributed by atoms with Crippen LogP contribution in [0.3, 0.4) is 0 Å². The molecule has 1 unspecified atom stereocenters. The van der Waals surface area contributed by atoms with Crippen LogP contribution in [0.4, 0.5) is 0 Å². The number of hydrogen-bond donors (Lipinski definition) is 0. The fourth-order valence-electron chi connectivity index (χ4n) is 4.51. The standard InChI is InChI=1S/C20H28N4O2/c1-3-23-12-20(9-7-17(23)25)8-4-10-24(13-20)19(26)16-11-21-18(15-5-6-15)22-14(16)2/h11,15H,3-10,12-13H2,1-2H3. The van der Waals surface area contributed by atoms with E-state index in [1.165, 1.54) is 0 Å². The molecule has 2 saturated heterocycles. The third kappa shape index (κ3) is 3.21. The summed E-state index contributed by atoms with van der Waals surface area (Å²) in [5.41, 5.74) is 1.48. The summed E-state index contributed by atoms with van der Waals surface area (Å²) < 4.78 is 0. The van der Waals surface area contributed by atoms with Gasteiger partial charge in [0.2, 0.25) is 5.91 Å². The zero-order valence-corrected chi connectivity index (χ0v) is 15.8. The highest BCUT2D eigenvalue weighted by Gasteiger charge is 2.42. The van der Waals surface area contributed by atoms with Crippen LogP contribution in [0.5, 0.6) is 0 Å². The second kappa shape index (κ2) is 6.63. The highest BCUT2D eigenvalue weighted by atomic mass is 16.2. The lowest BCUT2D eigenvalue weighted by Crippen LogP contribution is -2.55. The van der Waals surface area contributed by atoms with Gasteiger partial charge in [-0.2, -0.15) is 0 Å². The van der Waals surface area contributed by atoms with Crippen LogP contribution in [-0.4, -0.2) is 57.8 Å². The van der Waals surface area contributed by atoms with Crippen molar-refractivity contribution in [2.24, 2.45) is 5.41 Å². The van der Waals surface area contributed by atoms with E-state index >= 15 is 0 Å². The first-order valence-corrected chi connectivity index (χ1v) is 9.92. The van der Waals surface area contributed by atoms with Gasteiger partial charge in [0.05, 0.1) is 11.3 Å². The average Bonchev–Trinajstić information content (AvgIpc) is 3.49. The zero-order chi connectivity index (χ0) is 18.3. The second-order valence-electron chi connectivity index (χ2n) is 8.24. The van der Waals surface area contributed by atoms with E-state index in [1.807, 2.05) is 23.6 Å². The fourth-order valence-corrected chi connectivity index (χ4v) is 4.51. The molecule has 26 heavy (non-hydrogen) atoms. The third-order valence-electron chi connectivity index (χ3n) is 6.25. The lowest BCUT2D eigenvalue weighted by Gasteiger charge is -2.48. The molecule has 1 atom stereocenters. The molecule has 4 rings (SSSR count). The normalized spacial score (nSPS) is 26.5. The Labute approximate surface area is 155 Å². The van der Waals surface area contributed by atoms with E-state index < -0.39 is 0 Å². The third-order valence-corrected chi connectivity index (χ3v) is 6.25. The van der Waals surface area contributed by atoms with Crippen LogP contribution in [0.25, 0.3) is 0 Å². The van der Waals surface area contributed by atoms with E-state index in [4.69, 9.17) is 0 Å². The van der Waals surface area contributed by atoms with Gasteiger partial charge in [-0.3, -0.25) is 9.59 Å². The minimum absolute atomic E-state index is 0.0453. The highest BCUT2D eigenvalue weighted by molar-refractivity contribution is 5.95. The lowest BCUT2D eigenvalue weighted by molar-refractivity contribution is -0.138. The summed E-state index contributed by atoms with van der Waals surface area (Å²) in [5.74, 6) is 1.68. The summed E-state index contributed by atoms with van der Waals surface area (Å²) in [6.45, 7) is 7.00. The molecule has 3 heterocycles. The lowest BCUT2D eigenvalue weighted by atomic mass is 9.73. The monoisotopic (exact) mass is 356 g/mol. The van der Waals surface area contributed by atoms with Crippen molar-refractivity contribution in [1.82, 2.24) is 19.8 Å². The number of carbonyl (C=O) groups is 2. The molecule has 0 N–H and O–H groups in total. The van der Waals surface area contributed by atoms with Crippen LogP contribution in [0.1, 0.15) is 73.2 Å². The number of likely N-dealkylation sites (tertiary alicyclic amines) is 2. The number of aromatic nitrogens is 2. The number of hydrogen-bond acceptors (Lipinski definition) is 4. The van der Waals surface area contributed by atoms with Crippen LogP contribution in [0, 0.1) is 12.3 Å². The Kier molecular flexibility index (Phi) is 4.45. The average molecular weight is 356 g/mol.